The molecular weight excluding hydrogens is 430 g/mol. The molecule has 0 aliphatic rings. The molecule has 0 aliphatic carbocycles. The van der Waals surface area contributed by atoms with Gasteiger partial charge in [-0.3, -0.25) is 9.78 Å². The Morgan fingerprint density at radius 1 is 0.969 bits per heavy atom. The number of anilines is 1. The van der Waals surface area contributed by atoms with Gasteiger partial charge in [-0.25, -0.2) is 14.6 Å². The highest BCUT2D eigenvalue weighted by Crippen LogP contribution is 2.40. The number of thiophene rings is 1. The molecule has 0 radical (unpaired) electrons. The summed E-state index contributed by atoms with van der Waals surface area (Å²) in [5.41, 5.74) is 3.58. The van der Waals surface area contributed by atoms with Gasteiger partial charge in [-0.2, -0.15) is 0 Å². The van der Waals surface area contributed by atoms with Gasteiger partial charge in [0.2, 0.25) is 0 Å². The summed E-state index contributed by atoms with van der Waals surface area (Å²) in [6.45, 7) is 6.97. The smallest absolute Gasteiger partial charge is 0.359 e. The molecule has 0 atom stereocenters. The maximum atomic E-state index is 12.7. The third-order valence-electron chi connectivity index (χ3n) is 4.48. The van der Waals surface area contributed by atoms with Crippen LogP contribution in [0, 0.1) is 20.8 Å². The predicted molar refractivity (Wildman–Crippen MR) is 121 cm³/mol. The average Bonchev–Trinajstić information content (AvgIpc) is 3.08. The number of aryl methyl sites for hydroxylation is 3. The lowest BCUT2D eigenvalue weighted by Crippen LogP contribution is -2.22. The van der Waals surface area contributed by atoms with Crippen LogP contribution >= 0.6 is 11.3 Å². The van der Waals surface area contributed by atoms with Crippen molar-refractivity contribution in [1.82, 2.24) is 9.97 Å². The first-order valence-corrected chi connectivity index (χ1v) is 10.7. The van der Waals surface area contributed by atoms with Crippen LogP contribution in [0.25, 0.3) is 11.1 Å². The third-order valence-corrected chi connectivity index (χ3v) is 5.50. The van der Waals surface area contributed by atoms with Gasteiger partial charge >= 0.3 is 11.9 Å². The fourth-order valence-corrected chi connectivity index (χ4v) is 4.04. The fraction of sp³-hybridized carbons (Fsp3) is 0.261. The minimum absolute atomic E-state index is 0.00392. The SMILES string of the molecule is CCOC(=O)c1c(NC(=O)COC(=O)c2cnc(C)cn2)sc(C)c1-c1ccc(C)cc1. The molecule has 9 heteroatoms. The minimum Gasteiger partial charge on any atom is -0.462 e. The zero-order chi connectivity index (χ0) is 23.3. The Morgan fingerprint density at radius 2 is 1.69 bits per heavy atom. The number of nitrogens with zero attached hydrogens (tertiary/aromatic N) is 2. The normalized spacial score (nSPS) is 10.5. The van der Waals surface area contributed by atoms with Crippen LogP contribution in [0.15, 0.2) is 36.7 Å². The molecule has 0 saturated heterocycles. The van der Waals surface area contributed by atoms with Crippen molar-refractivity contribution < 1.29 is 23.9 Å². The molecule has 166 valence electrons. The second-order valence-corrected chi connectivity index (χ2v) is 8.22. The first kappa shape index (κ1) is 23.1. The first-order valence-electron chi connectivity index (χ1n) is 9.93. The van der Waals surface area contributed by atoms with E-state index < -0.39 is 24.5 Å². The monoisotopic (exact) mass is 453 g/mol. The molecule has 1 aromatic carbocycles. The fourth-order valence-electron chi connectivity index (χ4n) is 2.96. The van der Waals surface area contributed by atoms with Crippen molar-refractivity contribution in [2.75, 3.05) is 18.5 Å². The van der Waals surface area contributed by atoms with Gasteiger partial charge in [-0.1, -0.05) is 29.8 Å². The van der Waals surface area contributed by atoms with E-state index in [0.29, 0.717) is 16.3 Å². The lowest BCUT2D eigenvalue weighted by molar-refractivity contribution is -0.119. The molecule has 0 aliphatic heterocycles. The van der Waals surface area contributed by atoms with E-state index in [1.807, 2.05) is 38.1 Å². The Hall–Kier alpha value is -3.59. The zero-order valence-electron chi connectivity index (χ0n) is 18.2. The summed E-state index contributed by atoms with van der Waals surface area (Å²) >= 11 is 1.26. The van der Waals surface area contributed by atoms with Gasteiger partial charge in [0, 0.05) is 16.6 Å². The highest BCUT2D eigenvalue weighted by atomic mass is 32.1. The molecule has 32 heavy (non-hydrogen) atoms. The number of carbonyl (C=O) groups is 3. The lowest BCUT2D eigenvalue weighted by atomic mass is 10.0. The van der Waals surface area contributed by atoms with Crippen molar-refractivity contribution in [2.24, 2.45) is 0 Å². The molecule has 1 amide bonds. The van der Waals surface area contributed by atoms with Crippen LogP contribution in [0.3, 0.4) is 0 Å². The molecule has 1 N–H and O–H groups in total. The predicted octanol–water partition coefficient (Wildman–Crippen LogP) is 4.10. The molecule has 0 bridgehead atoms. The van der Waals surface area contributed by atoms with Gasteiger partial charge in [0.15, 0.2) is 12.3 Å². The van der Waals surface area contributed by atoms with Crippen LogP contribution in [-0.4, -0.2) is 41.0 Å². The molecule has 0 unspecified atom stereocenters. The maximum absolute atomic E-state index is 12.7. The summed E-state index contributed by atoms with van der Waals surface area (Å²) in [4.78, 5) is 46.0. The Balaban J connectivity index is 1.80. The summed E-state index contributed by atoms with van der Waals surface area (Å²) in [5, 5.41) is 3.01. The number of benzene rings is 1. The van der Waals surface area contributed by atoms with Crippen LogP contribution in [0.4, 0.5) is 5.00 Å². The maximum Gasteiger partial charge on any atom is 0.359 e. The second kappa shape index (κ2) is 10.1. The van der Waals surface area contributed by atoms with Gasteiger partial charge in [0.05, 0.1) is 18.5 Å². The van der Waals surface area contributed by atoms with Crippen molar-refractivity contribution in [3.8, 4) is 11.1 Å². The summed E-state index contributed by atoms with van der Waals surface area (Å²) in [6.07, 6.45) is 2.72. The number of hydrogen-bond donors (Lipinski definition) is 1. The number of nitrogens with one attached hydrogen (secondary N) is 1. The Bertz CT molecular complexity index is 1140. The van der Waals surface area contributed by atoms with E-state index >= 15 is 0 Å². The van der Waals surface area contributed by atoms with E-state index in [4.69, 9.17) is 9.47 Å². The topological polar surface area (TPSA) is 107 Å². The van der Waals surface area contributed by atoms with E-state index in [-0.39, 0.29) is 17.9 Å². The molecule has 0 saturated carbocycles. The van der Waals surface area contributed by atoms with Gasteiger partial charge < -0.3 is 14.8 Å². The van der Waals surface area contributed by atoms with Crippen molar-refractivity contribution >= 4 is 34.2 Å². The second-order valence-electron chi connectivity index (χ2n) is 6.99. The molecule has 2 heterocycles. The minimum atomic E-state index is -0.763. The Labute approximate surface area is 189 Å². The third kappa shape index (κ3) is 5.36. The van der Waals surface area contributed by atoms with E-state index in [2.05, 4.69) is 15.3 Å². The molecule has 8 nitrogen and oxygen atoms in total. The number of rotatable bonds is 7. The van der Waals surface area contributed by atoms with Gasteiger partial charge in [-0.05, 0) is 33.3 Å². The van der Waals surface area contributed by atoms with Crippen LogP contribution in [0.2, 0.25) is 0 Å². The molecule has 3 aromatic rings. The van der Waals surface area contributed by atoms with Crippen molar-refractivity contribution in [2.45, 2.75) is 27.7 Å². The summed E-state index contributed by atoms with van der Waals surface area (Å²) in [7, 11) is 0. The number of hydrogen-bond acceptors (Lipinski definition) is 8. The van der Waals surface area contributed by atoms with E-state index in [1.165, 1.54) is 23.7 Å². The molecule has 0 spiro atoms. The first-order chi connectivity index (χ1) is 15.3. The van der Waals surface area contributed by atoms with E-state index in [0.717, 1.165) is 16.0 Å². The summed E-state index contributed by atoms with van der Waals surface area (Å²) in [5.74, 6) is -1.88. The average molecular weight is 454 g/mol. The van der Waals surface area contributed by atoms with Gasteiger partial charge in [0.25, 0.3) is 5.91 Å². The standard InChI is InChI=1S/C23H23N3O5S/c1-5-30-23(29)20-19(16-8-6-13(2)7-9-16)15(4)32-21(20)26-18(27)12-31-22(28)17-11-24-14(3)10-25-17/h6-11H,5,12H2,1-4H3,(H,26,27). The lowest BCUT2D eigenvalue weighted by Gasteiger charge is -2.10. The van der Waals surface area contributed by atoms with Crippen LogP contribution in [-0.2, 0) is 14.3 Å². The molecule has 2 aromatic heterocycles. The van der Waals surface area contributed by atoms with Crippen LogP contribution in [0.1, 0.15) is 43.9 Å². The Kier molecular flexibility index (Phi) is 7.32. The number of aromatic nitrogens is 2. The van der Waals surface area contributed by atoms with Crippen molar-refractivity contribution in [3.05, 3.63) is 64.1 Å². The quantitative estimate of drug-likeness (QED) is 0.537. The van der Waals surface area contributed by atoms with E-state index in [1.54, 1.807) is 13.8 Å². The van der Waals surface area contributed by atoms with E-state index in [9.17, 15) is 14.4 Å². The number of carbonyl (C=O) groups excluding carboxylic acids is 3. The van der Waals surface area contributed by atoms with Crippen LogP contribution < -0.4 is 5.32 Å². The number of esters is 2. The number of ether oxygens (including phenoxy) is 2. The van der Waals surface area contributed by atoms with Crippen LogP contribution in [0.5, 0.6) is 0 Å². The highest BCUT2D eigenvalue weighted by molar-refractivity contribution is 7.17. The molecule has 3 rings (SSSR count). The molecular formula is C23H23N3O5S. The number of amides is 1. The van der Waals surface area contributed by atoms with Gasteiger partial charge in [-0.15, -0.1) is 11.3 Å². The van der Waals surface area contributed by atoms with Crippen molar-refractivity contribution in [1.29, 1.82) is 0 Å². The summed E-state index contributed by atoms with van der Waals surface area (Å²) in [6, 6.07) is 7.74. The summed E-state index contributed by atoms with van der Waals surface area (Å²) < 4.78 is 10.3. The molecule has 0 fully saturated rings. The van der Waals surface area contributed by atoms with Crippen molar-refractivity contribution in [3.63, 3.8) is 0 Å². The zero-order valence-corrected chi connectivity index (χ0v) is 19.0. The highest BCUT2D eigenvalue weighted by Gasteiger charge is 2.26. The Morgan fingerprint density at radius 3 is 2.31 bits per heavy atom. The van der Waals surface area contributed by atoms with Gasteiger partial charge in [0.1, 0.15) is 10.6 Å². The largest absolute Gasteiger partial charge is 0.462 e.